The number of aliphatic hydroxyl groups is 1. The van der Waals surface area contributed by atoms with Crippen molar-refractivity contribution in [2.75, 3.05) is 38.3 Å². The fraction of sp³-hybridized carbons (Fsp3) is 0.533. The number of rotatable bonds is 9. The SMILES string of the molecule is CC(C)COCCOC(=O)c1ccc(NCCO)cc1. The van der Waals surface area contributed by atoms with E-state index in [0.29, 0.717) is 31.2 Å². The van der Waals surface area contributed by atoms with Crippen LogP contribution in [0.5, 0.6) is 0 Å². The van der Waals surface area contributed by atoms with Crippen molar-refractivity contribution in [2.45, 2.75) is 13.8 Å². The van der Waals surface area contributed by atoms with Crippen LogP contribution < -0.4 is 5.32 Å². The molecule has 0 aromatic heterocycles. The maximum absolute atomic E-state index is 11.7. The van der Waals surface area contributed by atoms with Gasteiger partial charge in [0, 0.05) is 18.8 Å². The van der Waals surface area contributed by atoms with E-state index in [1.807, 2.05) is 0 Å². The molecule has 2 N–H and O–H groups in total. The van der Waals surface area contributed by atoms with E-state index in [1.54, 1.807) is 24.3 Å². The quantitative estimate of drug-likeness (QED) is 0.534. The van der Waals surface area contributed by atoms with Crippen LogP contribution in [-0.2, 0) is 9.47 Å². The second-order valence-electron chi connectivity index (χ2n) is 4.83. The molecule has 20 heavy (non-hydrogen) atoms. The minimum absolute atomic E-state index is 0.0696. The molecular formula is C15H23NO4. The fourth-order valence-electron chi connectivity index (χ4n) is 1.52. The Hall–Kier alpha value is -1.59. The Labute approximate surface area is 119 Å². The van der Waals surface area contributed by atoms with Gasteiger partial charge in [-0.3, -0.25) is 0 Å². The van der Waals surface area contributed by atoms with Crippen LogP contribution in [0.25, 0.3) is 0 Å². The Morgan fingerprint density at radius 1 is 1.25 bits per heavy atom. The number of anilines is 1. The van der Waals surface area contributed by atoms with Crippen LogP contribution in [-0.4, -0.2) is 44.0 Å². The summed E-state index contributed by atoms with van der Waals surface area (Å²) in [6.45, 7) is 6.03. The predicted octanol–water partition coefficient (Wildman–Crippen LogP) is 1.92. The lowest BCUT2D eigenvalue weighted by atomic mass is 10.2. The van der Waals surface area contributed by atoms with E-state index >= 15 is 0 Å². The number of carbonyl (C=O) groups is 1. The summed E-state index contributed by atoms with van der Waals surface area (Å²) in [6.07, 6.45) is 0. The molecule has 1 aromatic carbocycles. The third-order valence-electron chi connectivity index (χ3n) is 2.47. The Kier molecular flexibility index (Phi) is 7.69. The van der Waals surface area contributed by atoms with E-state index in [1.165, 1.54) is 0 Å². The van der Waals surface area contributed by atoms with Crippen LogP contribution in [0.4, 0.5) is 5.69 Å². The molecule has 0 atom stereocenters. The summed E-state index contributed by atoms with van der Waals surface area (Å²) in [5, 5.41) is 11.7. The zero-order valence-electron chi connectivity index (χ0n) is 12.1. The van der Waals surface area contributed by atoms with Crippen molar-refractivity contribution in [1.29, 1.82) is 0 Å². The first-order valence-corrected chi connectivity index (χ1v) is 6.83. The van der Waals surface area contributed by atoms with Crippen LogP contribution in [0.1, 0.15) is 24.2 Å². The lowest BCUT2D eigenvalue weighted by Gasteiger charge is -2.08. The van der Waals surface area contributed by atoms with E-state index in [-0.39, 0.29) is 19.2 Å². The van der Waals surface area contributed by atoms with Crippen LogP contribution in [0.15, 0.2) is 24.3 Å². The molecule has 0 unspecified atom stereocenters. The standard InChI is InChI=1S/C15H23NO4/c1-12(2)11-19-9-10-20-15(18)13-3-5-14(6-4-13)16-7-8-17/h3-6,12,16-17H,7-11H2,1-2H3. The zero-order chi connectivity index (χ0) is 14.8. The Balaban J connectivity index is 2.29. The van der Waals surface area contributed by atoms with E-state index < -0.39 is 0 Å². The molecule has 0 fully saturated rings. The Morgan fingerprint density at radius 3 is 2.55 bits per heavy atom. The molecule has 0 radical (unpaired) electrons. The number of esters is 1. The molecule has 1 aromatic rings. The summed E-state index contributed by atoms with van der Waals surface area (Å²) in [4.78, 5) is 11.7. The monoisotopic (exact) mass is 281 g/mol. The lowest BCUT2D eigenvalue weighted by molar-refractivity contribution is 0.0277. The molecule has 1 rings (SSSR count). The average Bonchev–Trinajstić information content (AvgIpc) is 2.44. The average molecular weight is 281 g/mol. The fourth-order valence-corrected chi connectivity index (χ4v) is 1.52. The molecule has 0 spiro atoms. The smallest absolute Gasteiger partial charge is 0.338 e. The van der Waals surface area contributed by atoms with Gasteiger partial charge in [-0.2, -0.15) is 0 Å². The van der Waals surface area contributed by atoms with E-state index in [2.05, 4.69) is 19.2 Å². The molecule has 0 amide bonds. The first-order chi connectivity index (χ1) is 9.63. The van der Waals surface area contributed by atoms with Crippen molar-refractivity contribution in [1.82, 2.24) is 0 Å². The third kappa shape index (κ3) is 6.54. The Bertz CT molecular complexity index is 389. The van der Waals surface area contributed by atoms with Gasteiger partial charge in [0.15, 0.2) is 0 Å². The molecular weight excluding hydrogens is 258 g/mol. The highest BCUT2D eigenvalue weighted by Crippen LogP contribution is 2.10. The zero-order valence-corrected chi connectivity index (χ0v) is 12.1. The highest BCUT2D eigenvalue weighted by Gasteiger charge is 2.06. The van der Waals surface area contributed by atoms with E-state index in [4.69, 9.17) is 14.6 Å². The van der Waals surface area contributed by atoms with Gasteiger partial charge < -0.3 is 19.9 Å². The van der Waals surface area contributed by atoms with Gasteiger partial charge in [0.2, 0.25) is 0 Å². The summed E-state index contributed by atoms with van der Waals surface area (Å²) in [6, 6.07) is 6.94. The van der Waals surface area contributed by atoms with Crippen LogP contribution >= 0.6 is 0 Å². The Morgan fingerprint density at radius 2 is 1.95 bits per heavy atom. The molecule has 5 heteroatoms. The number of aliphatic hydroxyl groups excluding tert-OH is 1. The summed E-state index contributed by atoms with van der Waals surface area (Å²) >= 11 is 0. The topological polar surface area (TPSA) is 67.8 Å². The second kappa shape index (κ2) is 9.34. The van der Waals surface area contributed by atoms with Gasteiger partial charge in [0.25, 0.3) is 0 Å². The number of nitrogens with one attached hydrogen (secondary N) is 1. The number of ether oxygens (including phenoxy) is 2. The maximum atomic E-state index is 11.7. The molecule has 0 heterocycles. The summed E-state index contributed by atoms with van der Waals surface area (Å²) in [5.41, 5.74) is 1.36. The molecule has 0 aliphatic heterocycles. The predicted molar refractivity (Wildman–Crippen MR) is 78.0 cm³/mol. The van der Waals surface area contributed by atoms with Crippen molar-refractivity contribution < 1.29 is 19.4 Å². The second-order valence-corrected chi connectivity index (χ2v) is 4.83. The molecule has 112 valence electrons. The van der Waals surface area contributed by atoms with Gasteiger partial charge in [-0.25, -0.2) is 4.79 Å². The van der Waals surface area contributed by atoms with Crippen molar-refractivity contribution in [2.24, 2.45) is 5.92 Å². The minimum atomic E-state index is -0.355. The highest BCUT2D eigenvalue weighted by atomic mass is 16.6. The first-order valence-electron chi connectivity index (χ1n) is 6.83. The van der Waals surface area contributed by atoms with Crippen LogP contribution in [0.3, 0.4) is 0 Å². The molecule has 0 bridgehead atoms. The van der Waals surface area contributed by atoms with Gasteiger partial charge in [-0.05, 0) is 30.2 Å². The molecule has 5 nitrogen and oxygen atoms in total. The number of hydrogen-bond acceptors (Lipinski definition) is 5. The van der Waals surface area contributed by atoms with E-state index in [9.17, 15) is 4.79 Å². The molecule has 0 aliphatic carbocycles. The van der Waals surface area contributed by atoms with Gasteiger partial charge in [-0.1, -0.05) is 13.8 Å². The van der Waals surface area contributed by atoms with Crippen molar-refractivity contribution in [3.8, 4) is 0 Å². The maximum Gasteiger partial charge on any atom is 0.338 e. The largest absolute Gasteiger partial charge is 0.460 e. The number of carbonyl (C=O) groups excluding carboxylic acids is 1. The summed E-state index contributed by atoms with van der Waals surface area (Å²) in [7, 11) is 0. The molecule has 0 saturated carbocycles. The van der Waals surface area contributed by atoms with Crippen molar-refractivity contribution in [3.05, 3.63) is 29.8 Å². The number of hydrogen-bond donors (Lipinski definition) is 2. The third-order valence-corrected chi connectivity index (χ3v) is 2.47. The molecule has 0 saturated heterocycles. The van der Waals surface area contributed by atoms with Crippen molar-refractivity contribution >= 4 is 11.7 Å². The van der Waals surface area contributed by atoms with E-state index in [0.717, 1.165) is 5.69 Å². The van der Waals surface area contributed by atoms with Crippen LogP contribution in [0, 0.1) is 5.92 Å². The first kappa shape index (κ1) is 16.5. The van der Waals surface area contributed by atoms with Gasteiger partial charge in [-0.15, -0.1) is 0 Å². The van der Waals surface area contributed by atoms with Crippen molar-refractivity contribution in [3.63, 3.8) is 0 Å². The normalized spacial score (nSPS) is 10.6. The summed E-state index contributed by atoms with van der Waals surface area (Å²) < 4.78 is 10.4. The minimum Gasteiger partial charge on any atom is -0.460 e. The van der Waals surface area contributed by atoms with Gasteiger partial charge >= 0.3 is 5.97 Å². The molecule has 0 aliphatic rings. The lowest BCUT2D eigenvalue weighted by Crippen LogP contribution is -2.13. The summed E-state index contributed by atoms with van der Waals surface area (Å²) in [5.74, 6) is 0.122. The highest BCUT2D eigenvalue weighted by molar-refractivity contribution is 5.89. The van der Waals surface area contributed by atoms with Crippen LogP contribution in [0.2, 0.25) is 0 Å². The number of benzene rings is 1. The van der Waals surface area contributed by atoms with Gasteiger partial charge in [0.1, 0.15) is 6.61 Å². The van der Waals surface area contributed by atoms with Gasteiger partial charge in [0.05, 0.1) is 18.8 Å².